The van der Waals surface area contributed by atoms with Crippen molar-refractivity contribution in [2.75, 3.05) is 7.11 Å². The van der Waals surface area contributed by atoms with Gasteiger partial charge in [0.2, 0.25) is 0 Å². The maximum atomic E-state index is 9.94. The number of ether oxygens (including phenoxy) is 2. The van der Waals surface area contributed by atoms with Crippen molar-refractivity contribution in [1.29, 1.82) is 0 Å². The van der Waals surface area contributed by atoms with Gasteiger partial charge in [-0.25, -0.2) is 0 Å². The van der Waals surface area contributed by atoms with Gasteiger partial charge in [0.1, 0.15) is 18.3 Å². The molecule has 1 fully saturated rings. The maximum Gasteiger partial charge on any atom is 0.111 e. The van der Waals surface area contributed by atoms with Crippen LogP contribution in [-0.4, -0.2) is 47.8 Å². The molecule has 0 bridgehead atoms. The fourth-order valence-electron chi connectivity index (χ4n) is 2.09. The van der Waals surface area contributed by atoms with Crippen molar-refractivity contribution in [1.82, 2.24) is 0 Å². The van der Waals surface area contributed by atoms with E-state index in [4.69, 9.17) is 9.47 Å². The summed E-state index contributed by atoms with van der Waals surface area (Å²) in [5.41, 5.74) is -0.201. The molecule has 15 heavy (non-hydrogen) atoms. The molecule has 1 heterocycles. The second kappa shape index (κ2) is 4.37. The lowest BCUT2D eigenvalue weighted by Crippen LogP contribution is -2.60. The van der Waals surface area contributed by atoms with E-state index in [1.165, 1.54) is 7.11 Å². The van der Waals surface area contributed by atoms with Crippen LogP contribution in [0.25, 0.3) is 0 Å². The van der Waals surface area contributed by atoms with E-state index in [1.54, 1.807) is 0 Å². The standard InChI is InChI=1S/C11H22O4/c1-6-9(14-5)7(12)8(13)10(15-6)11(2,3)4/h6-10,12-13H,1-5H3/t6?,7-,8?,9+,10-/m1/s1. The quantitative estimate of drug-likeness (QED) is 0.675. The topological polar surface area (TPSA) is 58.9 Å². The molecule has 0 aromatic carbocycles. The minimum absolute atomic E-state index is 0.201. The first kappa shape index (κ1) is 12.9. The Morgan fingerprint density at radius 3 is 2.07 bits per heavy atom. The Bertz CT molecular complexity index is 211. The monoisotopic (exact) mass is 218 g/mol. The zero-order chi connectivity index (χ0) is 11.8. The Kier molecular flexibility index (Phi) is 3.76. The summed E-state index contributed by atoms with van der Waals surface area (Å²) in [6.45, 7) is 7.79. The van der Waals surface area contributed by atoms with E-state index < -0.39 is 18.3 Å². The number of aliphatic hydroxyl groups is 2. The molecule has 0 radical (unpaired) electrons. The van der Waals surface area contributed by atoms with Crippen molar-refractivity contribution < 1.29 is 19.7 Å². The first-order chi connectivity index (χ1) is 6.79. The van der Waals surface area contributed by atoms with Gasteiger partial charge in [-0.3, -0.25) is 0 Å². The summed E-state index contributed by atoms with van der Waals surface area (Å²) in [5, 5.41) is 19.8. The number of rotatable bonds is 1. The Balaban J connectivity index is 2.82. The molecule has 0 aliphatic carbocycles. The molecule has 1 aliphatic heterocycles. The largest absolute Gasteiger partial charge is 0.388 e. The van der Waals surface area contributed by atoms with E-state index in [-0.39, 0.29) is 17.6 Å². The smallest absolute Gasteiger partial charge is 0.111 e. The Hall–Kier alpha value is -0.160. The molecule has 2 unspecified atom stereocenters. The predicted molar refractivity (Wildman–Crippen MR) is 56.6 cm³/mol. The average Bonchev–Trinajstić information content (AvgIpc) is 2.10. The van der Waals surface area contributed by atoms with Gasteiger partial charge < -0.3 is 19.7 Å². The molecule has 2 N–H and O–H groups in total. The Labute approximate surface area is 91.2 Å². The summed E-state index contributed by atoms with van der Waals surface area (Å²) in [4.78, 5) is 0. The van der Waals surface area contributed by atoms with Crippen LogP contribution in [0, 0.1) is 5.41 Å². The highest BCUT2D eigenvalue weighted by Gasteiger charge is 2.46. The fourth-order valence-corrected chi connectivity index (χ4v) is 2.09. The van der Waals surface area contributed by atoms with E-state index in [2.05, 4.69) is 0 Å². The molecule has 5 atom stereocenters. The normalized spacial score (nSPS) is 43.0. The number of hydrogen-bond acceptors (Lipinski definition) is 4. The molecule has 0 aromatic rings. The van der Waals surface area contributed by atoms with Crippen molar-refractivity contribution >= 4 is 0 Å². The maximum absolute atomic E-state index is 9.94. The third-order valence-corrected chi connectivity index (χ3v) is 2.95. The lowest BCUT2D eigenvalue weighted by Gasteiger charge is -2.45. The van der Waals surface area contributed by atoms with Gasteiger partial charge >= 0.3 is 0 Å². The summed E-state index contributed by atoms with van der Waals surface area (Å²) in [6, 6.07) is 0. The average molecular weight is 218 g/mol. The van der Waals surface area contributed by atoms with Gasteiger partial charge in [0.05, 0.1) is 12.2 Å². The van der Waals surface area contributed by atoms with Crippen molar-refractivity contribution in [3.05, 3.63) is 0 Å². The van der Waals surface area contributed by atoms with Crippen LogP contribution in [0.3, 0.4) is 0 Å². The predicted octanol–water partition coefficient (Wildman–Crippen LogP) is 0.557. The van der Waals surface area contributed by atoms with Crippen LogP contribution in [0.5, 0.6) is 0 Å². The van der Waals surface area contributed by atoms with Gasteiger partial charge in [-0.2, -0.15) is 0 Å². The highest BCUT2D eigenvalue weighted by atomic mass is 16.6. The first-order valence-electron chi connectivity index (χ1n) is 5.33. The third kappa shape index (κ3) is 2.50. The SMILES string of the molecule is CO[C@H]1C(C)O[C@@H](C(C)(C)C)C(O)[C@H]1O. The molecule has 0 amide bonds. The molecule has 1 aliphatic rings. The molecule has 0 aromatic heterocycles. The molecule has 1 rings (SSSR count). The van der Waals surface area contributed by atoms with E-state index in [9.17, 15) is 10.2 Å². The Morgan fingerprint density at radius 2 is 1.67 bits per heavy atom. The van der Waals surface area contributed by atoms with E-state index in [1.807, 2.05) is 27.7 Å². The summed E-state index contributed by atoms with van der Waals surface area (Å²) < 4.78 is 10.8. The van der Waals surface area contributed by atoms with Crippen LogP contribution < -0.4 is 0 Å². The molecule has 90 valence electrons. The van der Waals surface area contributed by atoms with Crippen molar-refractivity contribution in [3.63, 3.8) is 0 Å². The summed E-state index contributed by atoms with van der Waals surface area (Å²) in [6.07, 6.45) is -2.82. The summed E-state index contributed by atoms with van der Waals surface area (Å²) in [5.74, 6) is 0. The zero-order valence-electron chi connectivity index (χ0n) is 10.1. The third-order valence-electron chi connectivity index (χ3n) is 2.95. The minimum atomic E-state index is -0.897. The van der Waals surface area contributed by atoms with Crippen LogP contribution in [-0.2, 0) is 9.47 Å². The first-order valence-corrected chi connectivity index (χ1v) is 5.33. The summed E-state index contributed by atoms with van der Waals surface area (Å²) >= 11 is 0. The molecular formula is C11H22O4. The number of methoxy groups -OCH3 is 1. The van der Waals surface area contributed by atoms with Crippen molar-refractivity contribution in [3.8, 4) is 0 Å². The zero-order valence-corrected chi connectivity index (χ0v) is 10.1. The van der Waals surface area contributed by atoms with Crippen molar-refractivity contribution in [2.24, 2.45) is 5.41 Å². The van der Waals surface area contributed by atoms with Gasteiger partial charge in [0.25, 0.3) is 0 Å². The van der Waals surface area contributed by atoms with E-state index >= 15 is 0 Å². The van der Waals surface area contributed by atoms with Gasteiger partial charge in [-0.05, 0) is 12.3 Å². The van der Waals surface area contributed by atoms with Gasteiger partial charge in [0.15, 0.2) is 0 Å². The summed E-state index contributed by atoms with van der Waals surface area (Å²) in [7, 11) is 1.51. The molecule has 4 nitrogen and oxygen atoms in total. The lowest BCUT2D eigenvalue weighted by atomic mass is 9.80. The van der Waals surface area contributed by atoms with Gasteiger partial charge in [-0.1, -0.05) is 20.8 Å². The highest BCUT2D eigenvalue weighted by molar-refractivity contribution is 4.95. The highest BCUT2D eigenvalue weighted by Crippen LogP contribution is 2.33. The number of hydrogen-bond donors (Lipinski definition) is 2. The van der Waals surface area contributed by atoms with Crippen molar-refractivity contribution in [2.45, 2.75) is 58.2 Å². The van der Waals surface area contributed by atoms with Crippen LogP contribution >= 0.6 is 0 Å². The number of aliphatic hydroxyl groups excluding tert-OH is 2. The van der Waals surface area contributed by atoms with Crippen LogP contribution in [0.1, 0.15) is 27.7 Å². The van der Waals surface area contributed by atoms with Gasteiger partial charge in [0, 0.05) is 7.11 Å². The molecular weight excluding hydrogens is 196 g/mol. The molecule has 0 saturated carbocycles. The molecule has 0 spiro atoms. The minimum Gasteiger partial charge on any atom is -0.388 e. The molecule has 1 saturated heterocycles. The second-order valence-corrected chi connectivity index (χ2v) is 5.31. The Morgan fingerprint density at radius 1 is 1.13 bits per heavy atom. The second-order valence-electron chi connectivity index (χ2n) is 5.31. The van der Waals surface area contributed by atoms with Crippen LogP contribution in [0.4, 0.5) is 0 Å². The van der Waals surface area contributed by atoms with Crippen LogP contribution in [0.15, 0.2) is 0 Å². The van der Waals surface area contributed by atoms with E-state index in [0.717, 1.165) is 0 Å². The van der Waals surface area contributed by atoms with E-state index in [0.29, 0.717) is 0 Å². The van der Waals surface area contributed by atoms with Gasteiger partial charge in [-0.15, -0.1) is 0 Å². The molecule has 4 heteroatoms. The fraction of sp³-hybridized carbons (Fsp3) is 1.00. The lowest BCUT2D eigenvalue weighted by molar-refractivity contribution is -0.245. The van der Waals surface area contributed by atoms with Crippen LogP contribution in [0.2, 0.25) is 0 Å².